The molecular weight excluding hydrogens is 491 g/mol. The van der Waals surface area contributed by atoms with Crippen molar-refractivity contribution in [1.29, 1.82) is 0 Å². The molecule has 0 saturated heterocycles. The van der Waals surface area contributed by atoms with E-state index in [0.717, 1.165) is 35.8 Å². The van der Waals surface area contributed by atoms with Gasteiger partial charge in [0.05, 0.1) is 12.6 Å². The highest BCUT2D eigenvalue weighted by molar-refractivity contribution is 14.0. The van der Waals surface area contributed by atoms with Crippen LogP contribution in [0.3, 0.4) is 0 Å². The first-order valence-electron chi connectivity index (χ1n) is 10.1. The van der Waals surface area contributed by atoms with Gasteiger partial charge in [0.1, 0.15) is 11.4 Å². The maximum atomic E-state index is 11.7. The van der Waals surface area contributed by atoms with E-state index in [4.69, 9.17) is 9.73 Å². The highest BCUT2D eigenvalue weighted by atomic mass is 127. The molecule has 6 nitrogen and oxygen atoms in total. The van der Waals surface area contributed by atoms with E-state index in [1.165, 1.54) is 0 Å². The molecule has 7 heteroatoms. The summed E-state index contributed by atoms with van der Waals surface area (Å²) in [4.78, 5) is 16.4. The van der Waals surface area contributed by atoms with Crippen molar-refractivity contribution in [2.45, 2.75) is 45.4 Å². The Labute approximate surface area is 195 Å². The Hall–Kier alpha value is -2.29. The highest BCUT2D eigenvalue weighted by Gasteiger charge is 2.33. The zero-order valence-corrected chi connectivity index (χ0v) is 20.3. The van der Waals surface area contributed by atoms with Crippen molar-refractivity contribution in [2.24, 2.45) is 4.99 Å². The molecule has 2 aromatic carbocycles. The average molecular weight is 522 g/mol. The number of hydrogen-bond acceptors (Lipinski definition) is 3. The number of guanidine groups is 1. The molecule has 0 bridgehead atoms. The quantitative estimate of drug-likeness (QED) is 0.315. The molecule has 162 valence electrons. The van der Waals surface area contributed by atoms with E-state index in [-0.39, 0.29) is 41.5 Å². The van der Waals surface area contributed by atoms with Gasteiger partial charge < -0.3 is 20.7 Å². The van der Waals surface area contributed by atoms with Crippen LogP contribution in [-0.2, 0) is 6.54 Å². The lowest BCUT2D eigenvalue weighted by atomic mass is 9.90. The van der Waals surface area contributed by atoms with Crippen molar-refractivity contribution in [1.82, 2.24) is 16.0 Å². The third-order valence-corrected chi connectivity index (χ3v) is 4.89. The van der Waals surface area contributed by atoms with Gasteiger partial charge in [-0.05, 0) is 44.5 Å². The van der Waals surface area contributed by atoms with Gasteiger partial charge in [-0.15, -0.1) is 24.0 Å². The number of para-hydroxylation sites is 1. The summed E-state index contributed by atoms with van der Waals surface area (Å²) in [6, 6.07) is 15.8. The number of aliphatic imine (C=N–C) groups is 1. The van der Waals surface area contributed by atoms with E-state index in [1.807, 2.05) is 42.5 Å². The maximum absolute atomic E-state index is 11.7. The molecule has 0 aromatic heterocycles. The molecule has 0 saturated carbocycles. The van der Waals surface area contributed by atoms with Crippen LogP contribution in [0, 0.1) is 0 Å². The molecule has 0 spiro atoms. The molecule has 3 rings (SSSR count). The number of benzene rings is 2. The van der Waals surface area contributed by atoms with Crippen molar-refractivity contribution in [3.63, 3.8) is 0 Å². The van der Waals surface area contributed by atoms with Gasteiger partial charge in [-0.25, -0.2) is 4.99 Å². The smallest absolute Gasteiger partial charge is 0.251 e. The second kappa shape index (κ2) is 10.7. The maximum Gasteiger partial charge on any atom is 0.251 e. The molecule has 0 fully saturated rings. The van der Waals surface area contributed by atoms with Crippen LogP contribution in [0.25, 0.3) is 0 Å². The van der Waals surface area contributed by atoms with E-state index in [0.29, 0.717) is 12.1 Å². The summed E-state index contributed by atoms with van der Waals surface area (Å²) in [5, 5.41) is 9.53. The molecule has 2 aromatic rings. The van der Waals surface area contributed by atoms with Gasteiger partial charge in [0.2, 0.25) is 0 Å². The number of nitrogens with one attached hydrogen (secondary N) is 3. The molecule has 0 aliphatic carbocycles. The first kappa shape index (κ1) is 24.0. The van der Waals surface area contributed by atoms with E-state index in [9.17, 15) is 4.79 Å². The number of carbonyl (C=O) groups excluding carboxylic acids is 1. The Morgan fingerprint density at radius 2 is 1.87 bits per heavy atom. The molecule has 1 unspecified atom stereocenters. The van der Waals surface area contributed by atoms with E-state index >= 15 is 0 Å². The number of nitrogens with zero attached hydrogens (tertiary/aromatic N) is 1. The third kappa shape index (κ3) is 6.10. The third-order valence-electron chi connectivity index (χ3n) is 4.89. The van der Waals surface area contributed by atoms with Crippen LogP contribution in [0.15, 0.2) is 53.5 Å². The number of halogens is 1. The minimum atomic E-state index is -0.251. The van der Waals surface area contributed by atoms with E-state index in [1.54, 1.807) is 7.05 Å². The SMILES string of the molecule is CCNC(=NCc1ccc(C(=O)NC)cc1)NC1CC(C)(C)Oc2ccccc21.I. The van der Waals surface area contributed by atoms with Crippen molar-refractivity contribution >= 4 is 35.8 Å². The van der Waals surface area contributed by atoms with Crippen molar-refractivity contribution in [2.75, 3.05) is 13.6 Å². The minimum absolute atomic E-state index is 0. The summed E-state index contributed by atoms with van der Waals surface area (Å²) in [5.74, 6) is 1.60. The molecule has 1 atom stereocenters. The molecule has 0 radical (unpaired) electrons. The predicted molar refractivity (Wildman–Crippen MR) is 132 cm³/mol. The molecule has 30 heavy (non-hydrogen) atoms. The summed E-state index contributed by atoms with van der Waals surface area (Å²) in [6.07, 6.45) is 0.843. The van der Waals surface area contributed by atoms with Gasteiger partial charge >= 0.3 is 0 Å². The van der Waals surface area contributed by atoms with Gasteiger partial charge in [0.15, 0.2) is 5.96 Å². The Bertz CT molecular complexity index is 881. The Morgan fingerprint density at radius 3 is 2.53 bits per heavy atom. The standard InChI is InChI=1S/C23H30N4O2.HI/c1-5-25-22(26-15-16-10-12-17(13-11-16)21(28)24-4)27-19-14-23(2,3)29-20-9-7-6-8-18(19)20;/h6-13,19H,5,14-15H2,1-4H3,(H,24,28)(H2,25,26,27);1H. The van der Waals surface area contributed by atoms with Gasteiger partial charge in [0.25, 0.3) is 5.91 Å². The predicted octanol–water partition coefficient (Wildman–Crippen LogP) is 4.02. The van der Waals surface area contributed by atoms with Gasteiger partial charge in [0, 0.05) is 31.1 Å². The van der Waals surface area contributed by atoms with Gasteiger partial charge in [-0.1, -0.05) is 30.3 Å². The topological polar surface area (TPSA) is 74.8 Å². The largest absolute Gasteiger partial charge is 0.487 e. The number of hydrogen-bond donors (Lipinski definition) is 3. The van der Waals surface area contributed by atoms with Crippen LogP contribution in [-0.4, -0.2) is 31.1 Å². The van der Waals surface area contributed by atoms with Crippen LogP contribution in [0.1, 0.15) is 54.7 Å². The summed E-state index contributed by atoms with van der Waals surface area (Å²) >= 11 is 0. The monoisotopic (exact) mass is 522 g/mol. The Kier molecular flexibility index (Phi) is 8.52. The van der Waals surface area contributed by atoms with Crippen molar-refractivity contribution in [3.8, 4) is 5.75 Å². The summed E-state index contributed by atoms with van der Waals surface area (Å²) < 4.78 is 6.13. The minimum Gasteiger partial charge on any atom is -0.487 e. The van der Waals surface area contributed by atoms with Crippen LogP contribution in [0.5, 0.6) is 5.75 Å². The van der Waals surface area contributed by atoms with Gasteiger partial charge in [-0.3, -0.25) is 4.79 Å². The molecule has 1 amide bonds. The summed E-state index contributed by atoms with van der Waals surface area (Å²) in [7, 11) is 1.63. The zero-order chi connectivity index (χ0) is 20.9. The number of amides is 1. The fourth-order valence-electron chi connectivity index (χ4n) is 3.49. The lowest BCUT2D eigenvalue weighted by Crippen LogP contribution is -2.45. The first-order chi connectivity index (χ1) is 13.9. The van der Waals surface area contributed by atoms with Gasteiger partial charge in [-0.2, -0.15) is 0 Å². The molecule has 1 heterocycles. The Balaban J connectivity index is 0.00000320. The van der Waals surface area contributed by atoms with Crippen molar-refractivity contribution in [3.05, 3.63) is 65.2 Å². The van der Waals surface area contributed by atoms with E-state index in [2.05, 4.69) is 42.8 Å². The number of rotatable bonds is 5. The lowest BCUT2D eigenvalue weighted by Gasteiger charge is -2.38. The molecule has 1 aliphatic heterocycles. The second-order valence-electron chi connectivity index (χ2n) is 7.77. The second-order valence-corrected chi connectivity index (χ2v) is 7.77. The number of carbonyl (C=O) groups is 1. The van der Waals surface area contributed by atoms with E-state index < -0.39 is 0 Å². The first-order valence-corrected chi connectivity index (χ1v) is 10.1. The summed E-state index contributed by atoms with van der Waals surface area (Å²) in [6.45, 7) is 7.57. The molecule has 3 N–H and O–H groups in total. The van der Waals surface area contributed by atoms with Crippen molar-refractivity contribution < 1.29 is 9.53 Å². The zero-order valence-electron chi connectivity index (χ0n) is 18.0. The average Bonchev–Trinajstić information content (AvgIpc) is 2.71. The van der Waals surface area contributed by atoms with Crippen LogP contribution < -0.4 is 20.7 Å². The fourth-order valence-corrected chi connectivity index (χ4v) is 3.49. The van der Waals surface area contributed by atoms with Crippen LogP contribution >= 0.6 is 24.0 Å². The lowest BCUT2D eigenvalue weighted by molar-refractivity contribution is 0.0694. The number of fused-ring (bicyclic) bond motifs is 1. The fraction of sp³-hybridized carbons (Fsp3) is 0.391. The van der Waals surface area contributed by atoms with Crippen LogP contribution in [0.4, 0.5) is 0 Å². The highest BCUT2D eigenvalue weighted by Crippen LogP contribution is 2.39. The summed E-state index contributed by atoms with van der Waals surface area (Å²) in [5.41, 5.74) is 2.58. The van der Waals surface area contributed by atoms with Crippen LogP contribution in [0.2, 0.25) is 0 Å². The Morgan fingerprint density at radius 1 is 1.17 bits per heavy atom. The molecular formula is C23H31IN4O2. The molecule has 1 aliphatic rings. The number of ether oxygens (including phenoxy) is 1. The normalized spacial score (nSPS) is 17.1.